The number of hydrogen-bond acceptors (Lipinski definition) is 2. The fourth-order valence-corrected chi connectivity index (χ4v) is 3.22. The number of ether oxygens (including phenoxy) is 1. The zero-order chi connectivity index (χ0) is 16.0. The van der Waals surface area contributed by atoms with Crippen LogP contribution in [0.25, 0.3) is 6.08 Å². The summed E-state index contributed by atoms with van der Waals surface area (Å²) < 4.78 is 43.8. The molecule has 21 heavy (non-hydrogen) atoms. The molecule has 1 N–H and O–H groups in total. The standard InChI is InChI=1S/C14H15F3O3Si/c1-21(2,3)9-5-4-8-6-10(13(18)19)12(14(15,16)17)20-11(8)7-9/h4-7,12H,1-3H3,(H,18,19). The lowest BCUT2D eigenvalue weighted by atomic mass is 10.0. The highest BCUT2D eigenvalue weighted by atomic mass is 28.3. The van der Waals surface area contributed by atoms with Crippen LogP contribution in [0.15, 0.2) is 23.8 Å². The first-order valence-corrected chi connectivity index (χ1v) is 9.83. The van der Waals surface area contributed by atoms with Crippen molar-refractivity contribution in [2.75, 3.05) is 0 Å². The summed E-state index contributed by atoms with van der Waals surface area (Å²) in [5.41, 5.74) is -0.439. The molecule has 0 aromatic heterocycles. The molecule has 7 heteroatoms. The minimum Gasteiger partial charge on any atom is -0.478 e. The van der Waals surface area contributed by atoms with Crippen LogP contribution < -0.4 is 9.92 Å². The highest BCUT2D eigenvalue weighted by Gasteiger charge is 2.48. The minimum atomic E-state index is -4.77. The van der Waals surface area contributed by atoms with Gasteiger partial charge in [-0.25, -0.2) is 4.79 Å². The fourth-order valence-electron chi connectivity index (χ4n) is 2.07. The van der Waals surface area contributed by atoms with Crippen molar-refractivity contribution < 1.29 is 27.8 Å². The van der Waals surface area contributed by atoms with E-state index in [1.165, 1.54) is 0 Å². The van der Waals surface area contributed by atoms with Gasteiger partial charge in [0.1, 0.15) is 5.75 Å². The average Bonchev–Trinajstić information content (AvgIpc) is 2.34. The first-order valence-electron chi connectivity index (χ1n) is 6.33. The Kier molecular flexibility index (Phi) is 3.65. The van der Waals surface area contributed by atoms with Crippen molar-refractivity contribution in [3.63, 3.8) is 0 Å². The number of alkyl halides is 3. The molecule has 1 heterocycles. The van der Waals surface area contributed by atoms with Gasteiger partial charge in [-0.3, -0.25) is 0 Å². The van der Waals surface area contributed by atoms with Crippen molar-refractivity contribution >= 4 is 25.3 Å². The van der Waals surface area contributed by atoms with Crippen molar-refractivity contribution in [2.45, 2.75) is 31.9 Å². The molecular weight excluding hydrogens is 301 g/mol. The molecule has 1 aromatic rings. The molecule has 0 fully saturated rings. The van der Waals surface area contributed by atoms with Crippen molar-refractivity contribution in [1.29, 1.82) is 0 Å². The van der Waals surface area contributed by atoms with E-state index in [-0.39, 0.29) is 5.75 Å². The lowest BCUT2D eigenvalue weighted by Gasteiger charge is -2.28. The van der Waals surface area contributed by atoms with E-state index >= 15 is 0 Å². The van der Waals surface area contributed by atoms with Crippen LogP contribution >= 0.6 is 0 Å². The van der Waals surface area contributed by atoms with Crippen LogP contribution in [0.3, 0.4) is 0 Å². The topological polar surface area (TPSA) is 46.5 Å². The number of hydrogen-bond donors (Lipinski definition) is 1. The van der Waals surface area contributed by atoms with E-state index in [0.717, 1.165) is 11.3 Å². The van der Waals surface area contributed by atoms with Crippen LogP contribution in [-0.4, -0.2) is 31.4 Å². The van der Waals surface area contributed by atoms with Crippen LogP contribution in [-0.2, 0) is 4.79 Å². The number of benzene rings is 1. The minimum absolute atomic E-state index is 0.0854. The summed E-state index contributed by atoms with van der Waals surface area (Å²) in [6.45, 7) is 6.20. The molecular formula is C14H15F3O3Si. The molecule has 1 unspecified atom stereocenters. The van der Waals surface area contributed by atoms with Gasteiger partial charge in [0.05, 0.1) is 13.6 Å². The second-order valence-electron chi connectivity index (χ2n) is 5.95. The molecule has 3 nitrogen and oxygen atoms in total. The third-order valence-corrected chi connectivity index (χ3v) is 5.31. The van der Waals surface area contributed by atoms with Crippen molar-refractivity contribution in [3.8, 4) is 5.75 Å². The Hall–Kier alpha value is -1.76. The van der Waals surface area contributed by atoms with E-state index in [4.69, 9.17) is 9.84 Å². The molecule has 0 radical (unpaired) electrons. The van der Waals surface area contributed by atoms with Crippen LogP contribution in [0.4, 0.5) is 13.2 Å². The zero-order valence-electron chi connectivity index (χ0n) is 11.8. The summed E-state index contributed by atoms with van der Waals surface area (Å²) in [5.74, 6) is -1.54. The molecule has 1 aromatic carbocycles. The summed E-state index contributed by atoms with van der Waals surface area (Å²) in [7, 11) is -1.70. The molecule has 2 rings (SSSR count). The lowest BCUT2D eigenvalue weighted by molar-refractivity contribution is -0.187. The van der Waals surface area contributed by atoms with E-state index in [1.54, 1.807) is 12.1 Å². The normalized spacial score (nSPS) is 18.6. The second-order valence-corrected chi connectivity index (χ2v) is 11.0. The Morgan fingerprint density at radius 2 is 1.90 bits per heavy atom. The van der Waals surface area contributed by atoms with Gasteiger partial charge in [0.2, 0.25) is 6.10 Å². The molecule has 0 aliphatic carbocycles. The third-order valence-electron chi connectivity index (χ3n) is 3.26. The first-order chi connectivity index (χ1) is 9.50. The maximum atomic E-state index is 13.0. The molecule has 0 bridgehead atoms. The Labute approximate surface area is 121 Å². The van der Waals surface area contributed by atoms with E-state index in [9.17, 15) is 18.0 Å². The molecule has 1 atom stereocenters. The number of rotatable bonds is 2. The molecule has 0 saturated heterocycles. The van der Waals surface area contributed by atoms with E-state index in [2.05, 4.69) is 19.6 Å². The van der Waals surface area contributed by atoms with Crippen LogP contribution in [0.2, 0.25) is 19.6 Å². The quantitative estimate of drug-likeness (QED) is 0.853. The predicted octanol–water partition coefficient (Wildman–Crippen LogP) is 3.02. The highest BCUT2D eigenvalue weighted by molar-refractivity contribution is 6.88. The number of fused-ring (bicyclic) bond motifs is 1. The first kappa shape index (κ1) is 15.6. The Bertz CT molecular complexity index is 615. The Morgan fingerprint density at radius 1 is 1.29 bits per heavy atom. The smallest absolute Gasteiger partial charge is 0.430 e. The lowest BCUT2D eigenvalue weighted by Crippen LogP contribution is -2.42. The molecule has 114 valence electrons. The van der Waals surface area contributed by atoms with E-state index < -0.39 is 31.9 Å². The molecule has 0 amide bonds. The predicted molar refractivity (Wildman–Crippen MR) is 75.5 cm³/mol. The number of carboxylic acids is 1. The van der Waals surface area contributed by atoms with Gasteiger partial charge in [0.25, 0.3) is 0 Å². The van der Waals surface area contributed by atoms with Crippen molar-refractivity contribution in [3.05, 3.63) is 29.3 Å². The maximum absolute atomic E-state index is 13.0. The van der Waals surface area contributed by atoms with Gasteiger partial charge in [-0.2, -0.15) is 13.2 Å². The third kappa shape index (κ3) is 3.12. The van der Waals surface area contributed by atoms with E-state index in [0.29, 0.717) is 5.56 Å². The number of halogens is 3. The molecule has 0 spiro atoms. The number of aliphatic carboxylic acids is 1. The summed E-state index contributed by atoms with van der Waals surface area (Å²) in [6.07, 6.45) is -6.16. The highest BCUT2D eigenvalue weighted by Crippen LogP contribution is 2.37. The van der Waals surface area contributed by atoms with E-state index in [1.807, 2.05) is 6.07 Å². The Balaban J connectivity index is 2.53. The van der Waals surface area contributed by atoms with Gasteiger partial charge in [-0.05, 0) is 12.1 Å². The second kappa shape index (κ2) is 4.90. The summed E-state index contributed by atoms with van der Waals surface area (Å²) in [5, 5.41) is 9.89. The molecule has 1 aliphatic rings. The van der Waals surface area contributed by atoms with Gasteiger partial charge >= 0.3 is 12.1 Å². The van der Waals surface area contributed by atoms with Crippen LogP contribution in [0, 0.1) is 0 Å². The zero-order valence-corrected chi connectivity index (χ0v) is 12.8. The number of carboxylic acid groups (broad SMARTS) is 1. The Morgan fingerprint density at radius 3 is 2.38 bits per heavy atom. The van der Waals surface area contributed by atoms with Gasteiger partial charge in [-0.1, -0.05) is 37.0 Å². The number of carbonyl (C=O) groups is 1. The van der Waals surface area contributed by atoms with Crippen molar-refractivity contribution in [2.24, 2.45) is 0 Å². The average molecular weight is 316 g/mol. The van der Waals surface area contributed by atoms with Gasteiger partial charge in [0, 0.05) is 5.56 Å². The van der Waals surface area contributed by atoms with Gasteiger partial charge < -0.3 is 9.84 Å². The monoisotopic (exact) mass is 316 g/mol. The van der Waals surface area contributed by atoms with Gasteiger partial charge in [-0.15, -0.1) is 0 Å². The maximum Gasteiger partial charge on any atom is 0.430 e. The summed E-state index contributed by atoms with van der Waals surface area (Å²) >= 11 is 0. The van der Waals surface area contributed by atoms with Gasteiger partial charge in [0.15, 0.2) is 0 Å². The summed E-state index contributed by atoms with van der Waals surface area (Å²) in [4.78, 5) is 11.0. The summed E-state index contributed by atoms with van der Waals surface area (Å²) in [6, 6.07) is 5.02. The van der Waals surface area contributed by atoms with Crippen LogP contribution in [0.5, 0.6) is 5.75 Å². The molecule has 0 saturated carbocycles. The largest absolute Gasteiger partial charge is 0.478 e. The SMILES string of the molecule is C[Si](C)(C)c1ccc2c(c1)OC(C(F)(F)F)C(C(=O)O)=C2. The fraction of sp³-hybridized carbons (Fsp3) is 0.357. The van der Waals surface area contributed by atoms with Crippen LogP contribution in [0.1, 0.15) is 5.56 Å². The molecule has 1 aliphatic heterocycles. The van der Waals surface area contributed by atoms with Crippen molar-refractivity contribution in [1.82, 2.24) is 0 Å².